The summed E-state index contributed by atoms with van der Waals surface area (Å²) in [5, 5.41) is 5.10. The molecule has 0 unspecified atom stereocenters. The number of aryl methyl sites for hydroxylation is 1. The van der Waals surface area contributed by atoms with Crippen LogP contribution in [0.3, 0.4) is 0 Å². The van der Waals surface area contributed by atoms with Gasteiger partial charge >= 0.3 is 0 Å². The Bertz CT molecular complexity index is 959. The Kier molecular flexibility index (Phi) is 6.29. The van der Waals surface area contributed by atoms with Crippen molar-refractivity contribution in [1.29, 1.82) is 0 Å². The van der Waals surface area contributed by atoms with E-state index in [1.807, 2.05) is 0 Å². The third-order valence-electron chi connectivity index (χ3n) is 3.66. The van der Waals surface area contributed by atoms with Gasteiger partial charge in [0.15, 0.2) is 0 Å². The van der Waals surface area contributed by atoms with Crippen LogP contribution in [-0.4, -0.2) is 26.3 Å². The Morgan fingerprint density at radius 1 is 1.04 bits per heavy atom. The number of carbonyl (C=O) groups excluding carboxylic acids is 2. The molecule has 0 fully saturated rings. The van der Waals surface area contributed by atoms with Crippen molar-refractivity contribution < 1.29 is 22.4 Å². The van der Waals surface area contributed by atoms with E-state index in [2.05, 4.69) is 15.4 Å². The largest absolute Gasteiger partial charge is 0.326 e. The molecule has 27 heavy (non-hydrogen) atoms. The molecular formula is C18H20FN3O4S. The van der Waals surface area contributed by atoms with Gasteiger partial charge in [0.2, 0.25) is 21.8 Å². The molecule has 0 aliphatic rings. The SMILES string of the molecule is CC(=O)Nc1ccc(S(=O)(=O)N[C@@H](C)C(=O)Nc2ccc(F)cc2C)cc1. The number of benzene rings is 2. The molecular weight excluding hydrogens is 373 g/mol. The zero-order valence-electron chi connectivity index (χ0n) is 15.0. The molecule has 0 aliphatic carbocycles. The average molecular weight is 393 g/mol. The van der Waals surface area contributed by atoms with Gasteiger partial charge < -0.3 is 10.6 Å². The normalized spacial score (nSPS) is 12.3. The summed E-state index contributed by atoms with van der Waals surface area (Å²) in [7, 11) is -3.94. The van der Waals surface area contributed by atoms with E-state index in [4.69, 9.17) is 0 Å². The first-order chi connectivity index (χ1) is 12.6. The Morgan fingerprint density at radius 2 is 1.67 bits per heavy atom. The lowest BCUT2D eigenvalue weighted by Gasteiger charge is -2.16. The first kappa shape index (κ1) is 20.5. The molecule has 144 valence electrons. The van der Waals surface area contributed by atoms with Gasteiger partial charge in [-0.15, -0.1) is 0 Å². The highest BCUT2D eigenvalue weighted by atomic mass is 32.2. The van der Waals surface area contributed by atoms with Crippen LogP contribution in [0.15, 0.2) is 47.4 Å². The molecule has 2 rings (SSSR count). The average Bonchev–Trinajstić information content (AvgIpc) is 2.56. The maximum Gasteiger partial charge on any atom is 0.242 e. The Labute approximate surface area is 157 Å². The molecule has 0 aromatic heterocycles. The lowest BCUT2D eigenvalue weighted by Crippen LogP contribution is -2.41. The maximum atomic E-state index is 13.1. The van der Waals surface area contributed by atoms with Crippen molar-refractivity contribution in [2.24, 2.45) is 0 Å². The molecule has 0 spiro atoms. The molecule has 2 amide bonds. The van der Waals surface area contributed by atoms with Gasteiger partial charge in [-0.05, 0) is 61.9 Å². The van der Waals surface area contributed by atoms with Gasteiger partial charge in [-0.25, -0.2) is 12.8 Å². The van der Waals surface area contributed by atoms with Crippen LogP contribution in [0.2, 0.25) is 0 Å². The molecule has 3 N–H and O–H groups in total. The number of carbonyl (C=O) groups is 2. The lowest BCUT2D eigenvalue weighted by molar-refractivity contribution is -0.117. The van der Waals surface area contributed by atoms with Crippen LogP contribution >= 0.6 is 0 Å². The molecule has 0 saturated heterocycles. The summed E-state index contributed by atoms with van der Waals surface area (Å²) in [5.41, 5.74) is 1.37. The zero-order valence-corrected chi connectivity index (χ0v) is 15.9. The van der Waals surface area contributed by atoms with Gasteiger partial charge in [-0.2, -0.15) is 4.72 Å². The van der Waals surface area contributed by atoms with E-state index < -0.39 is 27.8 Å². The maximum absolute atomic E-state index is 13.1. The first-order valence-corrected chi connectivity index (χ1v) is 9.54. The lowest BCUT2D eigenvalue weighted by atomic mass is 10.2. The summed E-state index contributed by atoms with van der Waals surface area (Å²) in [6, 6.07) is 8.35. The molecule has 7 nitrogen and oxygen atoms in total. The number of halogens is 1. The second-order valence-electron chi connectivity index (χ2n) is 6.00. The quantitative estimate of drug-likeness (QED) is 0.701. The number of hydrogen-bond acceptors (Lipinski definition) is 4. The van der Waals surface area contributed by atoms with E-state index in [9.17, 15) is 22.4 Å². The van der Waals surface area contributed by atoms with Gasteiger partial charge in [-0.1, -0.05) is 0 Å². The van der Waals surface area contributed by atoms with Crippen LogP contribution in [0, 0.1) is 12.7 Å². The van der Waals surface area contributed by atoms with Gasteiger partial charge in [0, 0.05) is 18.3 Å². The second kappa shape index (κ2) is 8.28. The van der Waals surface area contributed by atoms with E-state index in [0.717, 1.165) is 0 Å². The monoisotopic (exact) mass is 393 g/mol. The molecule has 2 aromatic rings. The number of anilines is 2. The van der Waals surface area contributed by atoms with Crippen LogP contribution in [0.1, 0.15) is 19.4 Å². The number of amides is 2. The van der Waals surface area contributed by atoms with Gasteiger partial charge in [-0.3, -0.25) is 9.59 Å². The van der Waals surface area contributed by atoms with Gasteiger partial charge in [0.05, 0.1) is 10.9 Å². The standard InChI is InChI=1S/C18H20FN3O4S/c1-11-10-14(19)4-9-17(11)21-18(24)12(2)22-27(25,26)16-7-5-15(6-8-16)20-13(3)23/h4-10,12,22H,1-3H3,(H,20,23)(H,21,24)/t12-/m0/s1. The topological polar surface area (TPSA) is 104 Å². The minimum Gasteiger partial charge on any atom is -0.326 e. The molecule has 0 aliphatic heterocycles. The van der Waals surface area contributed by atoms with Crippen molar-refractivity contribution >= 4 is 33.2 Å². The van der Waals surface area contributed by atoms with Crippen molar-refractivity contribution in [3.05, 3.63) is 53.8 Å². The zero-order chi connectivity index (χ0) is 20.2. The molecule has 0 bridgehead atoms. The summed E-state index contributed by atoms with van der Waals surface area (Å²) >= 11 is 0. The van der Waals surface area contributed by atoms with Crippen molar-refractivity contribution in [1.82, 2.24) is 4.72 Å². The predicted octanol–water partition coefficient (Wildman–Crippen LogP) is 2.40. The van der Waals surface area contributed by atoms with Crippen molar-refractivity contribution in [2.45, 2.75) is 31.7 Å². The van der Waals surface area contributed by atoms with Crippen LogP contribution in [0.4, 0.5) is 15.8 Å². The summed E-state index contributed by atoms with van der Waals surface area (Å²) in [5.74, 6) is -1.28. The minimum atomic E-state index is -3.94. The van der Waals surface area contributed by atoms with Crippen molar-refractivity contribution in [3.63, 3.8) is 0 Å². The Morgan fingerprint density at radius 3 is 2.22 bits per heavy atom. The smallest absolute Gasteiger partial charge is 0.242 e. The van der Waals surface area contributed by atoms with Crippen molar-refractivity contribution in [2.75, 3.05) is 10.6 Å². The third kappa shape index (κ3) is 5.60. The number of hydrogen-bond donors (Lipinski definition) is 3. The summed E-state index contributed by atoms with van der Waals surface area (Å²) < 4.78 is 40.2. The molecule has 9 heteroatoms. The van der Waals surface area contributed by atoms with E-state index in [1.165, 1.54) is 56.3 Å². The second-order valence-corrected chi connectivity index (χ2v) is 7.71. The molecule has 0 radical (unpaired) electrons. The van der Waals surface area contributed by atoms with Crippen LogP contribution in [-0.2, 0) is 19.6 Å². The van der Waals surface area contributed by atoms with Crippen LogP contribution < -0.4 is 15.4 Å². The number of nitrogens with one attached hydrogen (secondary N) is 3. The van der Waals surface area contributed by atoms with Crippen molar-refractivity contribution in [3.8, 4) is 0 Å². The summed E-state index contributed by atoms with van der Waals surface area (Å²) in [6.07, 6.45) is 0. The summed E-state index contributed by atoms with van der Waals surface area (Å²) in [6.45, 7) is 4.37. The highest BCUT2D eigenvalue weighted by molar-refractivity contribution is 7.89. The fourth-order valence-corrected chi connectivity index (χ4v) is 3.49. The fourth-order valence-electron chi connectivity index (χ4n) is 2.28. The Hall–Kier alpha value is -2.78. The van der Waals surface area contributed by atoms with E-state index in [-0.39, 0.29) is 10.8 Å². The van der Waals surface area contributed by atoms with E-state index in [1.54, 1.807) is 6.92 Å². The number of rotatable bonds is 6. The molecule has 2 aromatic carbocycles. The van der Waals surface area contributed by atoms with E-state index in [0.29, 0.717) is 16.9 Å². The third-order valence-corrected chi connectivity index (χ3v) is 5.21. The van der Waals surface area contributed by atoms with Gasteiger partial charge in [0.1, 0.15) is 5.82 Å². The predicted molar refractivity (Wildman–Crippen MR) is 100 cm³/mol. The van der Waals surface area contributed by atoms with Crippen LogP contribution in [0.5, 0.6) is 0 Å². The Balaban J connectivity index is 2.07. The van der Waals surface area contributed by atoms with Crippen LogP contribution in [0.25, 0.3) is 0 Å². The minimum absolute atomic E-state index is 0.0470. The highest BCUT2D eigenvalue weighted by Gasteiger charge is 2.22. The highest BCUT2D eigenvalue weighted by Crippen LogP contribution is 2.17. The number of sulfonamides is 1. The van der Waals surface area contributed by atoms with Gasteiger partial charge in [0.25, 0.3) is 0 Å². The first-order valence-electron chi connectivity index (χ1n) is 8.05. The molecule has 0 saturated carbocycles. The van der Waals surface area contributed by atoms with E-state index >= 15 is 0 Å². The summed E-state index contributed by atoms with van der Waals surface area (Å²) in [4.78, 5) is 23.2. The fraction of sp³-hybridized carbons (Fsp3) is 0.222. The molecule has 0 heterocycles. The molecule has 1 atom stereocenters.